The van der Waals surface area contributed by atoms with Gasteiger partial charge in [-0.05, 0) is 53.8 Å². The number of ketones is 1. The minimum absolute atomic E-state index is 0.0573. The highest BCUT2D eigenvalue weighted by molar-refractivity contribution is 7.22. The number of aromatic nitrogens is 1. The first-order valence-corrected chi connectivity index (χ1v) is 12.3. The molecule has 1 unspecified atom stereocenters. The molecule has 174 valence electrons. The molecular weight excluding hydrogens is 456 g/mol. The van der Waals surface area contributed by atoms with Crippen LogP contribution in [0.3, 0.4) is 0 Å². The molecule has 5 nitrogen and oxygen atoms in total. The standard InChI is InChI=1S/C29H24N2O3S/c1-3-19-10-13-21(14-11-19)26-25(23(32)16-12-20-7-5-4-6-8-20)27(33)28(34)31(26)29-30-22-15-9-18(2)17-24(22)35-29/h4-17,26,33H,3H2,1-2H3. The van der Waals surface area contributed by atoms with E-state index in [1.54, 1.807) is 6.08 Å². The third kappa shape index (κ3) is 4.29. The van der Waals surface area contributed by atoms with Crippen molar-refractivity contribution >= 4 is 44.5 Å². The van der Waals surface area contributed by atoms with Gasteiger partial charge in [-0.2, -0.15) is 0 Å². The summed E-state index contributed by atoms with van der Waals surface area (Å²) in [6.07, 6.45) is 3.97. The molecule has 1 aliphatic rings. The smallest absolute Gasteiger partial charge is 0.296 e. The van der Waals surface area contributed by atoms with Crippen molar-refractivity contribution in [3.63, 3.8) is 0 Å². The van der Waals surface area contributed by atoms with Gasteiger partial charge >= 0.3 is 0 Å². The molecule has 3 aromatic carbocycles. The molecule has 6 heteroatoms. The number of fused-ring (bicyclic) bond motifs is 1. The Labute approximate surface area is 207 Å². The molecule has 0 radical (unpaired) electrons. The Bertz CT molecular complexity index is 1480. The quantitative estimate of drug-likeness (QED) is 0.327. The van der Waals surface area contributed by atoms with Crippen molar-refractivity contribution in [2.45, 2.75) is 26.3 Å². The summed E-state index contributed by atoms with van der Waals surface area (Å²) in [6, 6.07) is 22.3. The first-order chi connectivity index (χ1) is 17.0. The molecule has 0 bridgehead atoms. The van der Waals surface area contributed by atoms with Crippen LogP contribution < -0.4 is 4.90 Å². The molecule has 0 spiro atoms. The summed E-state index contributed by atoms with van der Waals surface area (Å²) in [4.78, 5) is 32.8. The van der Waals surface area contributed by atoms with Crippen LogP contribution in [0.1, 0.15) is 35.2 Å². The van der Waals surface area contributed by atoms with Gasteiger partial charge in [0.1, 0.15) is 0 Å². The number of allylic oxidation sites excluding steroid dienone is 1. The van der Waals surface area contributed by atoms with Crippen molar-refractivity contribution in [3.8, 4) is 0 Å². The van der Waals surface area contributed by atoms with Gasteiger partial charge in [-0.15, -0.1) is 0 Å². The van der Waals surface area contributed by atoms with Crippen LogP contribution >= 0.6 is 11.3 Å². The summed E-state index contributed by atoms with van der Waals surface area (Å²) in [5.41, 5.74) is 4.66. The van der Waals surface area contributed by atoms with E-state index >= 15 is 0 Å². The lowest BCUT2D eigenvalue weighted by Gasteiger charge is -2.24. The monoisotopic (exact) mass is 480 g/mol. The SMILES string of the molecule is CCc1ccc(C2C(C(=O)C=Cc3ccccc3)=C(O)C(=O)N2c2nc3ccc(C)cc3s2)cc1. The second kappa shape index (κ2) is 9.31. The van der Waals surface area contributed by atoms with E-state index in [-0.39, 0.29) is 5.57 Å². The van der Waals surface area contributed by atoms with E-state index in [0.717, 1.165) is 38.9 Å². The molecule has 2 heterocycles. The number of carbonyl (C=O) groups excluding carboxylic acids is 2. The molecule has 35 heavy (non-hydrogen) atoms. The van der Waals surface area contributed by atoms with Crippen molar-refractivity contribution < 1.29 is 14.7 Å². The number of rotatable bonds is 6. The Morgan fingerprint density at radius 2 is 1.83 bits per heavy atom. The maximum atomic E-state index is 13.4. The lowest BCUT2D eigenvalue weighted by atomic mass is 9.95. The van der Waals surface area contributed by atoms with Gasteiger partial charge in [0.25, 0.3) is 5.91 Å². The van der Waals surface area contributed by atoms with Gasteiger partial charge in [0, 0.05) is 0 Å². The van der Waals surface area contributed by atoms with Crippen LogP contribution in [0, 0.1) is 6.92 Å². The van der Waals surface area contributed by atoms with Crippen LogP contribution in [-0.4, -0.2) is 21.8 Å². The molecule has 0 saturated carbocycles. The van der Waals surface area contributed by atoms with Crippen molar-refractivity contribution in [2.75, 3.05) is 4.90 Å². The molecule has 1 aliphatic heterocycles. The number of hydrogen-bond donors (Lipinski definition) is 1. The van der Waals surface area contributed by atoms with Crippen molar-refractivity contribution in [2.24, 2.45) is 0 Å². The molecule has 0 fully saturated rings. The second-order valence-electron chi connectivity index (χ2n) is 8.51. The highest BCUT2D eigenvalue weighted by Crippen LogP contribution is 2.43. The molecule has 1 amide bonds. The van der Waals surface area contributed by atoms with Crippen LogP contribution in [0.2, 0.25) is 0 Å². The number of aliphatic hydroxyl groups excluding tert-OH is 1. The molecule has 5 rings (SSSR count). The number of amides is 1. The van der Waals surface area contributed by atoms with Crippen LogP contribution in [-0.2, 0) is 16.0 Å². The minimum Gasteiger partial charge on any atom is -0.503 e. The lowest BCUT2D eigenvalue weighted by Crippen LogP contribution is -2.30. The Kier molecular flexibility index (Phi) is 6.05. The third-order valence-electron chi connectivity index (χ3n) is 6.14. The zero-order valence-corrected chi connectivity index (χ0v) is 20.3. The second-order valence-corrected chi connectivity index (χ2v) is 9.52. The number of benzene rings is 3. The first-order valence-electron chi connectivity index (χ1n) is 11.5. The van der Waals surface area contributed by atoms with E-state index in [1.165, 1.54) is 22.3 Å². The largest absolute Gasteiger partial charge is 0.503 e. The zero-order valence-electron chi connectivity index (χ0n) is 19.4. The highest BCUT2D eigenvalue weighted by atomic mass is 32.1. The van der Waals surface area contributed by atoms with E-state index in [1.807, 2.05) is 79.7 Å². The third-order valence-corrected chi connectivity index (χ3v) is 7.16. The average molecular weight is 481 g/mol. The summed E-state index contributed by atoms with van der Waals surface area (Å²) in [7, 11) is 0. The summed E-state index contributed by atoms with van der Waals surface area (Å²) >= 11 is 1.37. The zero-order chi connectivity index (χ0) is 24.5. The lowest BCUT2D eigenvalue weighted by molar-refractivity contribution is -0.117. The number of hydrogen-bond acceptors (Lipinski definition) is 5. The number of carbonyl (C=O) groups is 2. The maximum absolute atomic E-state index is 13.4. The number of nitrogens with zero attached hydrogens (tertiary/aromatic N) is 2. The summed E-state index contributed by atoms with van der Waals surface area (Å²) in [6.45, 7) is 4.07. The molecule has 1 N–H and O–H groups in total. The van der Waals surface area contributed by atoms with Gasteiger partial charge in [-0.3, -0.25) is 14.5 Å². The topological polar surface area (TPSA) is 70.5 Å². The fourth-order valence-corrected chi connectivity index (χ4v) is 5.34. The summed E-state index contributed by atoms with van der Waals surface area (Å²) < 4.78 is 0.941. The molecule has 0 saturated heterocycles. The van der Waals surface area contributed by atoms with Crippen LogP contribution in [0.15, 0.2) is 90.2 Å². The normalized spacial score (nSPS) is 16.1. The fraction of sp³-hybridized carbons (Fsp3) is 0.138. The van der Waals surface area contributed by atoms with Gasteiger partial charge in [0.05, 0.1) is 21.8 Å². The molecule has 1 atom stereocenters. The van der Waals surface area contributed by atoms with Crippen molar-refractivity contribution in [1.82, 2.24) is 4.98 Å². The van der Waals surface area contributed by atoms with Crippen molar-refractivity contribution in [3.05, 3.63) is 112 Å². The number of aryl methyl sites for hydroxylation is 2. The molecule has 4 aromatic rings. The van der Waals surface area contributed by atoms with E-state index < -0.39 is 23.5 Å². The van der Waals surface area contributed by atoms with E-state index in [0.29, 0.717) is 5.13 Å². The van der Waals surface area contributed by atoms with E-state index in [4.69, 9.17) is 0 Å². The Morgan fingerprint density at radius 1 is 1.09 bits per heavy atom. The van der Waals surface area contributed by atoms with Crippen LogP contribution in [0.25, 0.3) is 16.3 Å². The summed E-state index contributed by atoms with van der Waals surface area (Å²) in [5.74, 6) is -1.57. The Hall–Kier alpha value is -4.03. The maximum Gasteiger partial charge on any atom is 0.296 e. The fourth-order valence-electron chi connectivity index (χ4n) is 4.25. The number of anilines is 1. The van der Waals surface area contributed by atoms with Gasteiger partial charge < -0.3 is 5.11 Å². The van der Waals surface area contributed by atoms with Gasteiger partial charge in [-0.1, -0.05) is 85.0 Å². The predicted octanol–water partition coefficient (Wildman–Crippen LogP) is 6.35. The predicted molar refractivity (Wildman–Crippen MR) is 141 cm³/mol. The van der Waals surface area contributed by atoms with Crippen LogP contribution in [0.4, 0.5) is 5.13 Å². The number of aliphatic hydroxyl groups is 1. The van der Waals surface area contributed by atoms with E-state index in [9.17, 15) is 14.7 Å². The van der Waals surface area contributed by atoms with Gasteiger partial charge in [0.15, 0.2) is 16.7 Å². The highest BCUT2D eigenvalue weighted by Gasteiger charge is 2.45. The molecule has 0 aliphatic carbocycles. The Balaban J connectivity index is 1.60. The summed E-state index contributed by atoms with van der Waals surface area (Å²) in [5, 5.41) is 11.4. The van der Waals surface area contributed by atoms with Gasteiger partial charge in [0.2, 0.25) is 0 Å². The van der Waals surface area contributed by atoms with E-state index in [2.05, 4.69) is 11.9 Å². The van der Waals surface area contributed by atoms with Crippen LogP contribution in [0.5, 0.6) is 0 Å². The Morgan fingerprint density at radius 3 is 2.54 bits per heavy atom. The number of thiazole rings is 1. The minimum atomic E-state index is -0.775. The first kappa shape index (κ1) is 22.7. The molecular formula is C29H24N2O3S. The molecule has 1 aromatic heterocycles. The van der Waals surface area contributed by atoms with Crippen molar-refractivity contribution in [1.29, 1.82) is 0 Å². The average Bonchev–Trinajstić information content (AvgIpc) is 3.41. The van der Waals surface area contributed by atoms with Gasteiger partial charge in [-0.25, -0.2) is 4.98 Å².